The van der Waals surface area contributed by atoms with Crippen molar-refractivity contribution in [3.63, 3.8) is 0 Å². The molecule has 0 N–H and O–H groups in total. The van der Waals surface area contributed by atoms with Crippen LogP contribution < -0.4 is 0 Å². The lowest BCUT2D eigenvalue weighted by molar-refractivity contribution is 0.181. The van der Waals surface area contributed by atoms with Gasteiger partial charge in [0.05, 0.1) is 0 Å². The summed E-state index contributed by atoms with van der Waals surface area (Å²) in [4.78, 5) is 0.990. The molecule has 0 bridgehead atoms. The summed E-state index contributed by atoms with van der Waals surface area (Å²) in [6, 6.07) is 5.56. The second-order valence-corrected chi connectivity index (χ2v) is 4.95. The number of thioether (sulfide) groups is 1. The van der Waals surface area contributed by atoms with Crippen molar-refractivity contribution in [3.8, 4) is 0 Å². The normalized spacial score (nSPS) is 27.0. The minimum Gasteiger partial charge on any atom is -0.239 e. The first kappa shape index (κ1) is 9.35. The molecule has 70 valence electrons. The van der Waals surface area contributed by atoms with Gasteiger partial charge >= 0.3 is 0 Å². The predicted octanol–water partition coefficient (Wildman–Crippen LogP) is 4.02. The number of benzene rings is 1. The van der Waals surface area contributed by atoms with Crippen LogP contribution in [0.3, 0.4) is 0 Å². The summed E-state index contributed by atoms with van der Waals surface area (Å²) in [7, 11) is 0. The maximum Gasteiger partial charge on any atom is 0.136 e. The van der Waals surface area contributed by atoms with E-state index in [0.29, 0.717) is 17.0 Å². The lowest BCUT2D eigenvalue weighted by Gasteiger charge is -2.28. The summed E-state index contributed by atoms with van der Waals surface area (Å²) >= 11 is 7.65. The van der Waals surface area contributed by atoms with Gasteiger partial charge in [-0.05, 0) is 25.5 Å². The molecule has 0 amide bonds. The van der Waals surface area contributed by atoms with Crippen molar-refractivity contribution < 1.29 is 4.39 Å². The number of hydrogen-bond donors (Lipinski definition) is 0. The van der Waals surface area contributed by atoms with Crippen molar-refractivity contribution in [3.05, 3.63) is 28.8 Å². The third-order valence-electron chi connectivity index (χ3n) is 2.33. The molecule has 0 fully saturated rings. The lowest BCUT2D eigenvalue weighted by Crippen LogP contribution is -2.21. The van der Waals surface area contributed by atoms with Crippen LogP contribution >= 0.6 is 23.4 Å². The molecule has 1 atom stereocenters. The monoisotopic (exact) mass is 216 g/mol. The molecule has 13 heavy (non-hydrogen) atoms. The van der Waals surface area contributed by atoms with Crippen LogP contribution in [-0.2, 0) is 5.67 Å². The highest BCUT2D eigenvalue weighted by Gasteiger charge is 2.33. The van der Waals surface area contributed by atoms with Gasteiger partial charge in [0, 0.05) is 21.2 Å². The van der Waals surface area contributed by atoms with Gasteiger partial charge in [-0.15, -0.1) is 11.8 Å². The van der Waals surface area contributed by atoms with E-state index in [1.807, 2.05) is 12.1 Å². The molecule has 0 aliphatic carbocycles. The molecule has 1 heterocycles. The smallest absolute Gasteiger partial charge is 0.136 e. The molecular formula is C10H10ClFS. The number of hydrogen-bond acceptors (Lipinski definition) is 1. The molecule has 0 saturated carbocycles. The summed E-state index contributed by atoms with van der Waals surface area (Å²) in [5, 5.41) is 0.551. The number of halogens is 2. The first-order valence-electron chi connectivity index (χ1n) is 4.22. The molecule has 0 radical (unpaired) electrons. The van der Waals surface area contributed by atoms with E-state index in [1.165, 1.54) is 0 Å². The van der Waals surface area contributed by atoms with Crippen LogP contribution in [0.4, 0.5) is 4.39 Å². The van der Waals surface area contributed by atoms with Gasteiger partial charge in [-0.25, -0.2) is 4.39 Å². The molecule has 1 aromatic rings. The molecule has 0 nitrogen and oxygen atoms in total. The van der Waals surface area contributed by atoms with Gasteiger partial charge in [0.25, 0.3) is 0 Å². The molecule has 1 aromatic carbocycles. The van der Waals surface area contributed by atoms with Gasteiger partial charge in [-0.2, -0.15) is 0 Å². The zero-order valence-electron chi connectivity index (χ0n) is 7.31. The van der Waals surface area contributed by atoms with E-state index in [1.54, 1.807) is 24.8 Å². The zero-order valence-corrected chi connectivity index (χ0v) is 8.88. The average Bonchev–Trinajstić information content (AvgIpc) is 2.02. The maximum absolute atomic E-state index is 14.0. The van der Waals surface area contributed by atoms with E-state index in [9.17, 15) is 4.39 Å². The van der Waals surface area contributed by atoms with Crippen molar-refractivity contribution in [2.24, 2.45) is 0 Å². The van der Waals surface area contributed by atoms with E-state index in [0.717, 1.165) is 10.6 Å². The number of fused-ring (bicyclic) bond motifs is 1. The Labute approximate surface area is 86.5 Å². The molecule has 1 unspecified atom stereocenters. The highest BCUT2D eigenvalue weighted by Crippen LogP contribution is 2.45. The van der Waals surface area contributed by atoms with Crippen molar-refractivity contribution in [1.29, 1.82) is 0 Å². The summed E-state index contributed by atoms with van der Waals surface area (Å²) in [5.41, 5.74) is -0.577. The van der Waals surface area contributed by atoms with E-state index >= 15 is 0 Å². The third-order valence-corrected chi connectivity index (χ3v) is 3.70. The molecule has 1 aliphatic rings. The van der Waals surface area contributed by atoms with Gasteiger partial charge in [-0.1, -0.05) is 17.7 Å². The van der Waals surface area contributed by atoms with E-state index in [-0.39, 0.29) is 0 Å². The van der Waals surface area contributed by atoms with Crippen LogP contribution in [-0.4, -0.2) is 5.75 Å². The third kappa shape index (κ3) is 1.57. The van der Waals surface area contributed by atoms with E-state index in [4.69, 9.17) is 11.6 Å². The fourth-order valence-electron chi connectivity index (χ4n) is 1.61. The van der Waals surface area contributed by atoms with Crippen LogP contribution in [0.5, 0.6) is 0 Å². The Morgan fingerprint density at radius 3 is 3.00 bits per heavy atom. The van der Waals surface area contributed by atoms with Crippen LogP contribution in [0.25, 0.3) is 0 Å². The Hall–Kier alpha value is -0.210. The Balaban J connectivity index is 2.61. The SMILES string of the molecule is CC1(F)CCSc2cccc(Cl)c21. The van der Waals surface area contributed by atoms with Gasteiger partial charge in [0.1, 0.15) is 5.67 Å². The molecule has 3 heteroatoms. The van der Waals surface area contributed by atoms with Crippen LogP contribution in [0.1, 0.15) is 18.9 Å². The maximum atomic E-state index is 14.0. The summed E-state index contributed by atoms with van der Waals surface area (Å²) in [5.74, 6) is 0.834. The van der Waals surface area contributed by atoms with Gasteiger partial charge in [0.15, 0.2) is 0 Å². The zero-order chi connectivity index (χ0) is 9.47. The summed E-state index contributed by atoms with van der Waals surface area (Å²) < 4.78 is 14.0. The van der Waals surface area contributed by atoms with Gasteiger partial charge in [0.2, 0.25) is 0 Å². The second-order valence-electron chi connectivity index (χ2n) is 3.41. The second kappa shape index (κ2) is 3.18. The first-order chi connectivity index (χ1) is 6.11. The predicted molar refractivity (Wildman–Crippen MR) is 55.3 cm³/mol. The van der Waals surface area contributed by atoms with Crippen molar-refractivity contribution in [2.75, 3.05) is 5.75 Å². The largest absolute Gasteiger partial charge is 0.239 e. The first-order valence-corrected chi connectivity index (χ1v) is 5.58. The fourth-order valence-corrected chi connectivity index (χ4v) is 3.38. The van der Waals surface area contributed by atoms with Crippen LogP contribution in [0, 0.1) is 0 Å². The standard InChI is InChI=1S/C10H10ClFS/c1-10(12)5-6-13-8-4-2-3-7(11)9(8)10/h2-4H,5-6H2,1H3. The number of rotatable bonds is 0. The van der Waals surface area contributed by atoms with Crippen LogP contribution in [0.15, 0.2) is 23.1 Å². The number of alkyl halides is 1. The Kier molecular flexibility index (Phi) is 2.28. The van der Waals surface area contributed by atoms with Gasteiger partial charge < -0.3 is 0 Å². The average molecular weight is 217 g/mol. The summed E-state index contributed by atoms with van der Waals surface area (Å²) in [6.07, 6.45) is 0.550. The van der Waals surface area contributed by atoms with E-state index in [2.05, 4.69) is 0 Å². The molecule has 2 rings (SSSR count). The van der Waals surface area contributed by atoms with Crippen molar-refractivity contribution in [1.82, 2.24) is 0 Å². The topological polar surface area (TPSA) is 0 Å². The van der Waals surface area contributed by atoms with E-state index < -0.39 is 5.67 Å². The Morgan fingerprint density at radius 1 is 1.54 bits per heavy atom. The molecule has 1 aliphatic heterocycles. The summed E-state index contributed by atoms with van der Waals surface area (Å²) in [6.45, 7) is 1.61. The molecule has 0 aromatic heterocycles. The Morgan fingerprint density at radius 2 is 2.31 bits per heavy atom. The van der Waals surface area contributed by atoms with Gasteiger partial charge in [-0.3, -0.25) is 0 Å². The minimum atomic E-state index is -1.25. The fraction of sp³-hybridized carbons (Fsp3) is 0.400. The highest BCUT2D eigenvalue weighted by molar-refractivity contribution is 7.99. The Bertz CT molecular complexity index is 336. The molecule has 0 saturated heterocycles. The quantitative estimate of drug-likeness (QED) is 0.631. The molecule has 0 spiro atoms. The van der Waals surface area contributed by atoms with Crippen molar-refractivity contribution in [2.45, 2.75) is 23.9 Å². The van der Waals surface area contributed by atoms with Crippen molar-refractivity contribution >= 4 is 23.4 Å². The lowest BCUT2D eigenvalue weighted by atomic mass is 9.94. The molecular weight excluding hydrogens is 207 g/mol. The highest BCUT2D eigenvalue weighted by atomic mass is 35.5. The minimum absolute atomic E-state index is 0.550. The van der Waals surface area contributed by atoms with Crippen LogP contribution in [0.2, 0.25) is 5.02 Å².